The van der Waals surface area contributed by atoms with E-state index in [1.165, 1.54) is 10.5 Å². The van der Waals surface area contributed by atoms with Crippen molar-refractivity contribution in [2.75, 3.05) is 0 Å². The van der Waals surface area contributed by atoms with Gasteiger partial charge < -0.3 is 11.1 Å². The van der Waals surface area contributed by atoms with Crippen molar-refractivity contribution in [1.82, 2.24) is 5.32 Å². The van der Waals surface area contributed by atoms with Gasteiger partial charge in [-0.25, -0.2) is 0 Å². The van der Waals surface area contributed by atoms with Crippen LogP contribution in [0.25, 0.3) is 0 Å². The minimum absolute atomic E-state index is 0.0491. The van der Waals surface area contributed by atoms with Gasteiger partial charge in [-0.05, 0) is 43.7 Å². The number of carbonyl (C=O) groups is 1. The van der Waals surface area contributed by atoms with Crippen LogP contribution in [0.1, 0.15) is 31.2 Å². The highest BCUT2D eigenvalue weighted by Gasteiger charge is 2.30. The third-order valence-corrected chi connectivity index (χ3v) is 5.38. The van der Waals surface area contributed by atoms with Gasteiger partial charge in [0.25, 0.3) is 0 Å². The lowest BCUT2D eigenvalue weighted by Gasteiger charge is -2.27. The van der Waals surface area contributed by atoms with Gasteiger partial charge in [0.1, 0.15) is 0 Å². The van der Waals surface area contributed by atoms with E-state index in [9.17, 15) is 4.79 Å². The fourth-order valence-corrected chi connectivity index (χ4v) is 4.09. The number of hydrogen-bond donors (Lipinski definition) is 2. The second-order valence-corrected chi connectivity index (χ2v) is 6.78. The molecule has 1 atom stereocenters. The number of amides is 1. The molecular weight excluding hydrogens is 256 g/mol. The fraction of sp³-hybridized carbons (Fsp3) is 0.533. The summed E-state index contributed by atoms with van der Waals surface area (Å²) in [5.41, 5.74) is 7.19. The summed E-state index contributed by atoms with van der Waals surface area (Å²) in [6.45, 7) is 0. The molecule has 1 heterocycles. The maximum atomic E-state index is 12.3. The molecule has 19 heavy (non-hydrogen) atoms. The molecule has 102 valence electrons. The largest absolute Gasteiger partial charge is 0.352 e. The van der Waals surface area contributed by atoms with Gasteiger partial charge in [0.05, 0.1) is 5.25 Å². The zero-order valence-electron chi connectivity index (χ0n) is 11.0. The monoisotopic (exact) mass is 276 g/mol. The molecule has 1 saturated carbocycles. The Morgan fingerprint density at radius 2 is 1.95 bits per heavy atom. The highest BCUT2D eigenvalue weighted by Crippen LogP contribution is 2.36. The lowest BCUT2D eigenvalue weighted by atomic mass is 9.91. The highest BCUT2D eigenvalue weighted by molar-refractivity contribution is 8.01. The number of nitrogens with two attached hydrogens (primary N) is 1. The first-order chi connectivity index (χ1) is 9.22. The van der Waals surface area contributed by atoms with E-state index in [0.29, 0.717) is 12.1 Å². The van der Waals surface area contributed by atoms with E-state index in [2.05, 4.69) is 17.4 Å². The summed E-state index contributed by atoms with van der Waals surface area (Å²) < 4.78 is 0. The molecule has 0 saturated heterocycles. The molecule has 2 aliphatic rings. The Morgan fingerprint density at radius 1 is 1.21 bits per heavy atom. The van der Waals surface area contributed by atoms with E-state index in [1.807, 2.05) is 12.1 Å². The Kier molecular flexibility index (Phi) is 3.80. The topological polar surface area (TPSA) is 55.1 Å². The van der Waals surface area contributed by atoms with Gasteiger partial charge in [-0.1, -0.05) is 18.2 Å². The first-order valence-electron chi connectivity index (χ1n) is 7.03. The average Bonchev–Trinajstić information content (AvgIpc) is 2.85. The van der Waals surface area contributed by atoms with E-state index in [4.69, 9.17) is 5.73 Å². The second-order valence-electron chi connectivity index (χ2n) is 5.54. The Hall–Kier alpha value is -1.00. The Morgan fingerprint density at radius 3 is 2.68 bits per heavy atom. The first kappa shape index (κ1) is 13.0. The summed E-state index contributed by atoms with van der Waals surface area (Å²) in [5.74, 6) is 0.196. The smallest absolute Gasteiger partial charge is 0.234 e. The molecule has 0 aromatic heterocycles. The molecular formula is C15H20N2OS. The normalized spacial score (nSPS) is 29.8. The minimum Gasteiger partial charge on any atom is -0.352 e. The minimum atomic E-state index is 0.0491. The van der Waals surface area contributed by atoms with Gasteiger partial charge in [0.2, 0.25) is 5.91 Å². The van der Waals surface area contributed by atoms with Crippen LogP contribution in [0.5, 0.6) is 0 Å². The van der Waals surface area contributed by atoms with Gasteiger partial charge in [-0.15, -0.1) is 11.8 Å². The molecule has 1 aromatic rings. The van der Waals surface area contributed by atoms with Crippen LogP contribution in [0.3, 0.4) is 0 Å². The second kappa shape index (κ2) is 5.55. The van der Waals surface area contributed by atoms with Crippen molar-refractivity contribution in [2.24, 2.45) is 5.73 Å². The van der Waals surface area contributed by atoms with Crippen molar-refractivity contribution in [3.05, 3.63) is 29.8 Å². The van der Waals surface area contributed by atoms with Crippen LogP contribution < -0.4 is 11.1 Å². The van der Waals surface area contributed by atoms with Crippen molar-refractivity contribution >= 4 is 17.7 Å². The van der Waals surface area contributed by atoms with Crippen LogP contribution >= 0.6 is 11.8 Å². The van der Waals surface area contributed by atoms with Crippen molar-refractivity contribution in [2.45, 2.75) is 54.3 Å². The van der Waals surface area contributed by atoms with Gasteiger partial charge in [0, 0.05) is 17.0 Å². The lowest BCUT2D eigenvalue weighted by molar-refractivity contribution is -0.121. The molecule has 0 spiro atoms. The number of benzene rings is 1. The third kappa shape index (κ3) is 2.95. The first-order valence-corrected chi connectivity index (χ1v) is 7.91. The van der Waals surface area contributed by atoms with Crippen LogP contribution in [0, 0.1) is 0 Å². The molecule has 1 amide bonds. The Bertz CT molecular complexity index is 444. The van der Waals surface area contributed by atoms with Gasteiger partial charge >= 0.3 is 0 Å². The molecule has 1 fully saturated rings. The maximum absolute atomic E-state index is 12.3. The van der Waals surface area contributed by atoms with Crippen LogP contribution in [0.2, 0.25) is 0 Å². The zero-order valence-corrected chi connectivity index (χ0v) is 11.8. The van der Waals surface area contributed by atoms with Crippen molar-refractivity contribution in [3.63, 3.8) is 0 Å². The summed E-state index contributed by atoms with van der Waals surface area (Å²) in [4.78, 5) is 13.6. The summed E-state index contributed by atoms with van der Waals surface area (Å²) in [5, 5.41) is 3.25. The molecule has 1 aliphatic heterocycles. The van der Waals surface area contributed by atoms with Crippen molar-refractivity contribution in [3.8, 4) is 0 Å². The SMILES string of the molecule is NC1CCC(NC(=O)C2Cc3ccccc3S2)CC1. The summed E-state index contributed by atoms with van der Waals surface area (Å²) in [7, 11) is 0. The third-order valence-electron chi connectivity index (χ3n) is 4.06. The number of carbonyl (C=O) groups excluding carboxylic acids is 1. The number of rotatable bonds is 2. The van der Waals surface area contributed by atoms with E-state index in [0.717, 1.165) is 32.1 Å². The van der Waals surface area contributed by atoms with E-state index in [1.54, 1.807) is 11.8 Å². The average molecular weight is 276 g/mol. The zero-order chi connectivity index (χ0) is 13.2. The van der Waals surface area contributed by atoms with Crippen LogP contribution in [0.4, 0.5) is 0 Å². The van der Waals surface area contributed by atoms with Crippen LogP contribution in [0.15, 0.2) is 29.2 Å². The molecule has 4 heteroatoms. The quantitative estimate of drug-likeness (QED) is 0.869. The van der Waals surface area contributed by atoms with Gasteiger partial charge in [-0.3, -0.25) is 4.79 Å². The molecule has 3 nitrogen and oxygen atoms in total. The maximum Gasteiger partial charge on any atom is 0.234 e. The van der Waals surface area contributed by atoms with Gasteiger partial charge in [-0.2, -0.15) is 0 Å². The fourth-order valence-electron chi connectivity index (χ4n) is 2.89. The molecule has 3 N–H and O–H groups in total. The van der Waals surface area contributed by atoms with E-state index < -0.39 is 0 Å². The van der Waals surface area contributed by atoms with Crippen molar-refractivity contribution < 1.29 is 4.79 Å². The number of hydrogen-bond acceptors (Lipinski definition) is 3. The molecule has 0 bridgehead atoms. The summed E-state index contributed by atoms with van der Waals surface area (Å²) in [6.07, 6.45) is 4.97. The lowest BCUT2D eigenvalue weighted by Crippen LogP contribution is -2.43. The van der Waals surface area contributed by atoms with Crippen LogP contribution in [-0.4, -0.2) is 23.2 Å². The number of nitrogens with one attached hydrogen (secondary N) is 1. The molecule has 1 unspecified atom stereocenters. The Balaban J connectivity index is 1.55. The Labute approximate surface area is 118 Å². The molecule has 3 rings (SSSR count). The molecule has 1 aliphatic carbocycles. The predicted octanol–water partition coefficient (Wildman–Crippen LogP) is 2.09. The summed E-state index contributed by atoms with van der Waals surface area (Å²) >= 11 is 1.70. The van der Waals surface area contributed by atoms with E-state index in [-0.39, 0.29) is 11.2 Å². The van der Waals surface area contributed by atoms with Crippen LogP contribution in [-0.2, 0) is 11.2 Å². The van der Waals surface area contributed by atoms with E-state index >= 15 is 0 Å². The standard InChI is InChI=1S/C15H20N2OS/c16-11-5-7-12(8-6-11)17-15(18)14-9-10-3-1-2-4-13(10)19-14/h1-4,11-12,14H,5-9,16H2,(H,17,18). The summed E-state index contributed by atoms with van der Waals surface area (Å²) in [6, 6.07) is 8.97. The molecule has 0 radical (unpaired) electrons. The number of thioether (sulfide) groups is 1. The van der Waals surface area contributed by atoms with Crippen molar-refractivity contribution in [1.29, 1.82) is 0 Å². The predicted molar refractivity (Wildman–Crippen MR) is 78.2 cm³/mol. The highest BCUT2D eigenvalue weighted by atomic mass is 32.2. The molecule has 1 aromatic carbocycles. The van der Waals surface area contributed by atoms with Gasteiger partial charge in [0.15, 0.2) is 0 Å². The number of fused-ring (bicyclic) bond motifs is 1.